The molecule has 0 saturated carbocycles. The first kappa shape index (κ1) is 19.9. The molecule has 0 N–H and O–H groups in total. The number of rotatable bonds is 5. The fourth-order valence-corrected chi connectivity index (χ4v) is 4.90. The van der Waals surface area contributed by atoms with E-state index in [0.717, 1.165) is 6.54 Å². The summed E-state index contributed by atoms with van der Waals surface area (Å²) in [6.45, 7) is 7.19. The van der Waals surface area contributed by atoms with Gasteiger partial charge in [0.1, 0.15) is 5.75 Å². The van der Waals surface area contributed by atoms with Gasteiger partial charge in [-0.2, -0.15) is 0 Å². The van der Waals surface area contributed by atoms with Crippen LogP contribution in [0.5, 0.6) is 5.75 Å². The summed E-state index contributed by atoms with van der Waals surface area (Å²) >= 11 is 13.0. The van der Waals surface area contributed by atoms with Gasteiger partial charge in [0.15, 0.2) is 0 Å². The molecule has 0 aliphatic heterocycles. The molecule has 3 rings (SSSR count). The number of aromatic nitrogens is 2. The minimum atomic E-state index is 0.125. The second-order valence-corrected chi connectivity index (χ2v) is 8.73. The lowest BCUT2D eigenvalue weighted by atomic mass is 9.97. The number of hydrogen-bond donors (Lipinski definition) is 0. The van der Waals surface area contributed by atoms with E-state index in [4.69, 9.17) is 28.6 Å². The van der Waals surface area contributed by atoms with E-state index in [2.05, 4.69) is 42.5 Å². The van der Waals surface area contributed by atoms with Crippen molar-refractivity contribution in [1.82, 2.24) is 9.55 Å². The molecular weight excluding hydrogens is 396 g/mol. The monoisotopic (exact) mass is 416 g/mol. The van der Waals surface area contributed by atoms with Gasteiger partial charge >= 0.3 is 0 Å². The van der Waals surface area contributed by atoms with Gasteiger partial charge in [-0.15, -0.1) is 0 Å². The summed E-state index contributed by atoms with van der Waals surface area (Å²) in [4.78, 5) is 4.16. The Hall–Kier alpha value is -1.82. The Morgan fingerprint density at radius 2 is 1.85 bits per heavy atom. The molecule has 2 aromatic carbocycles. The average Bonchev–Trinajstić information content (AvgIpc) is 3.09. The van der Waals surface area contributed by atoms with E-state index < -0.39 is 0 Å². The lowest BCUT2D eigenvalue weighted by Crippen LogP contribution is -2.12. The lowest BCUT2D eigenvalue weighted by Gasteiger charge is -2.22. The third-order valence-electron chi connectivity index (χ3n) is 4.25. The van der Waals surface area contributed by atoms with E-state index >= 15 is 0 Å². The molecule has 3 nitrogen and oxygen atoms in total. The number of thioether (sulfide) groups is 1. The molecule has 1 aromatic heterocycles. The largest absolute Gasteiger partial charge is 0.440 e. The number of hydrogen-bond acceptors (Lipinski definition) is 4. The second-order valence-electron chi connectivity index (χ2n) is 6.48. The van der Waals surface area contributed by atoms with Crippen LogP contribution in [0.25, 0.3) is 0 Å². The van der Waals surface area contributed by atoms with Crippen LogP contribution >= 0.6 is 35.6 Å². The molecule has 0 bridgehead atoms. The van der Waals surface area contributed by atoms with Crippen molar-refractivity contribution in [2.75, 3.05) is 0 Å². The minimum absolute atomic E-state index is 0.125. The van der Waals surface area contributed by atoms with E-state index in [1.807, 2.05) is 24.7 Å². The van der Waals surface area contributed by atoms with Gasteiger partial charge in [0.25, 0.3) is 0 Å². The highest BCUT2D eigenvalue weighted by molar-refractivity contribution is 8.22. The van der Waals surface area contributed by atoms with Crippen LogP contribution in [-0.2, 0) is 6.54 Å². The summed E-state index contributed by atoms with van der Waals surface area (Å²) in [5.41, 5.74) is 5.08. The van der Waals surface area contributed by atoms with Gasteiger partial charge < -0.3 is 9.30 Å². The van der Waals surface area contributed by atoms with Crippen LogP contribution in [0.4, 0.5) is 0 Å². The highest BCUT2D eigenvalue weighted by Crippen LogP contribution is 2.37. The molecule has 140 valence electrons. The molecule has 1 atom stereocenters. The quantitative estimate of drug-likeness (QED) is 0.456. The maximum absolute atomic E-state index is 5.94. The smallest absolute Gasteiger partial charge is 0.226 e. The summed E-state index contributed by atoms with van der Waals surface area (Å²) < 4.78 is 8.41. The molecule has 0 aliphatic carbocycles. The predicted molar refractivity (Wildman–Crippen MR) is 118 cm³/mol. The van der Waals surface area contributed by atoms with Crippen LogP contribution in [0.1, 0.15) is 27.5 Å². The fourth-order valence-electron chi connectivity index (χ4n) is 3.21. The maximum Gasteiger partial charge on any atom is 0.226 e. The van der Waals surface area contributed by atoms with Gasteiger partial charge in [-0.3, -0.25) is 0 Å². The lowest BCUT2D eigenvalue weighted by molar-refractivity contribution is 0.578. The molecule has 0 fully saturated rings. The zero-order valence-corrected chi connectivity index (χ0v) is 17.9. The highest BCUT2D eigenvalue weighted by Gasteiger charge is 2.21. The van der Waals surface area contributed by atoms with E-state index in [1.54, 1.807) is 30.1 Å². The Labute approximate surface area is 174 Å². The van der Waals surface area contributed by atoms with Gasteiger partial charge in [-0.05, 0) is 73.9 Å². The maximum atomic E-state index is 5.94. The molecule has 1 unspecified atom stereocenters. The Morgan fingerprint density at radius 1 is 1.19 bits per heavy atom. The Morgan fingerprint density at radius 3 is 2.44 bits per heavy atom. The number of nitrogens with zero attached hydrogens (tertiary/aromatic N) is 2. The molecule has 0 saturated heterocycles. The van der Waals surface area contributed by atoms with Crippen LogP contribution in [0.3, 0.4) is 0 Å². The zero-order chi connectivity index (χ0) is 19.4. The molecule has 0 radical (unpaired) electrons. The standard InChI is InChI=1S/C21H21ClN2OS2/c1-14-10-15(2)20(16(3)11-14)19(12-24-9-8-23-13-24)27-21(26)25-18-6-4-17(22)5-7-18/h4-11,13,19H,12H2,1-3H3. The summed E-state index contributed by atoms with van der Waals surface area (Å²) in [6, 6.07) is 11.7. The fraction of sp³-hybridized carbons (Fsp3) is 0.238. The van der Waals surface area contributed by atoms with Crippen molar-refractivity contribution < 1.29 is 4.74 Å². The van der Waals surface area contributed by atoms with Gasteiger partial charge in [0.2, 0.25) is 4.38 Å². The van der Waals surface area contributed by atoms with Crippen molar-refractivity contribution in [1.29, 1.82) is 0 Å². The van der Waals surface area contributed by atoms with Crippen LogP contribution < -0.4 is 4.74 Å². The van der Waals surface area contributed by atoms with E-state index in [0.29, 0.717) is 15.2 Å². The Bertz CT molecular complexity index is 901. The minimum Gasteiger partial charge on any atom is -0.440 e. The van der Waals surface area contributed by atoms with Gasteiger partial charge in [0.05, 0.1) is 11.6 Å². The van der Waals surface area contributed by atoms with Crippen molar-refractivity contribution in [3.8, 4) is 5.75 Å². The molecule has 0 amide bonds. The number of benzene rings is 2. The van der Waals surface area contributed by atoms with Gasteiger partial charge in [0, 0.05) is 24.0 Å². The summed E-state index contributed by atoms with van der Waals surface area (Å²) in [5, 5.41) is 0.796. The molecule has 6 heteroatoms. The first-order valence-electron chi connectivity index (χ1n) is 8.60. The number of thiocarbonyl (C=S) groups is 1. The van der Waals surface area contributed by atoms with Crippen LogP contribution in [0.15, 0.2) is 55.1 Å². The SMILES string of the molecule is Cc1cc(C)c(C(Cn2ccnc2)SC(=S)Oc2ccc(Cl)cc2)c(C)c1. The summed E-state index contributed by atoms with van der Waals surface area (Å²) in [6.07, 6.45) is 5.59. The number of imidazole rings is 1. The van der Waals surface area contributed by atoms with Crippen LogP contribution in [0, 0.1) is 20.8 Å². The Balaban J connectivity index is 1.84. The van der Waals surface area contributed by atoms with Crippen molar-refractivity contribution >= 4 is 40.0 Å². The first-order valence-corrected chi connectivity index (χ1v) is 10.3. The third kappa shape index (κ3) is 5.34. The molecule has 0 spiro atoms. The van der Waals surface area contributed by atoms with Gasteiger partial charge in [-0.1, -0.05) is 41.1 Å². The molecular formula is C21H21ClN2OS2. The topological polar surface area (TPSA) is 27.1 Å². The van der Waals surface area contributed by atoms with E-state index in [9.17, 15) is 0 Å². The molecule has 27 heavy (non-hydrogen) atoms. The average molecular weight is 417 g/mol. The Kier molecular flexibility index (Phi) is 6.58. The normalized spacial score (nSPS) is 12.0. The zero-order valence-electron chi connectivity index (χ0n) is 15.5. The van der Waals surface area contributed by atoms with Gasteiger partial charge in [-0.25, -0.2) is 4.98 Å². The molecule has 1 heterocycles. The van der Waals surface area contributed by atoms with Crippen molar-refractivity contribution in [3.05, 3.63) is 82.4 Å². The predicted octanol–water partition coefficient (Wildman–Crippen LogP) is 6.30. The van der Waals surface area contributed by atoms with E-state index in [-0.39, 0.29) is 5.25 Å². The highest BCUT2D eigenvalue weighted by atomic mass is 35.5. The first-order chi connectivity index (χ1) is 12.9. The third-order valence-corrected chi connectivity index (χ3v) is 5.82. The van der Waals surface area contributed by atoms with Crippen molar-refractivity contribution in [2.24, 2.45) is 0 Å². The van der Waals surface area contributed by atoms with E-state index in [1.165, 1.54) is 22.3 Å². The number of aryl methyl sites for hydroxylation is 3. The van der Waals surface area contributed by atoms with Crippen LogP contribution in [0.2, 0.25) is 5.02 Å². The molecule has 3 aromatic rings. The molecule has 0 aliphatic rings. The summed E-state index contributed by atoms with van der Waals surface area (Å²) in [5.74, 6) is 0.690. The second kappa shape index (κ2) is 8.91. The summed E-state index contributed by atoms with van der Waals surface area (Å²) in [7, 11) is 0. The van der Waals surface area contributed by atoms with Crippen LogP contribution in [-0.4, -0.2) is 13.9 Å². The van der Waals surface area contributed by atoms with Crippen molar-refractivity contribution in [2.45, 2.75) is 32.6 Å². The number of ether oxygens (including phenoxy) is 1. The number of halogens is 1. The van der Waals surface area contributed by atoms with Crippen molar-refractivity contribution in [3.63, 3.8) is 0 Å².